The zero-order valence-corrected chi connectivity index (χ0v) is 8.17. The van der Waals surface area contributed by atoms with Crippen LogP contribution in [-0.2, 0) is 0 Å². The molecule has 2 aromatic rings. The highest BCUT2D eigenvalue weighted by Gasteiger charge is 2.09. The normalized spacial score (nSPS) is 10.5. The van der Waals surface area contributed by atoms with E-state index in [-0.39, 0.29) is 5.95 Å². The smallest absolute Gasteiger partial charge is 0.288 e. The van der Waals surface area contributed by atoms with Gasteiger partial charge in [-0.2, -0.15) is 0 Å². The van der Waals surface area contributed by atoms with Gasteiger partial charge in [0.25, 0.3) is 11.5 Å². The van der Waals surface area contributed by atoms with Gasteiger partial charge in [0.05, 0.1) is 11.7 Å². The van der Waals surface area contributed by atoms with Crippen LogP contribution in [0, 0.1) is 5.21 Å². The number of hydrogen-bond acceptors (Lipinski definition) is 5. The van der Waals surface area contributed by atoms with Crippen LogP contribution in [0.3, 0.4) is 0 Å². The van der Waals surface area contributed by atoms with Gasteiger partial charge in [0.15, 0.2) is 0 Å². The van der Waals surface area contributed by atoms with Crippen LogP contribution in [0.1, 0.15) is 6.92 Å². The Hall–Kier alpha value is -2.11. The van der Waals surface area contributed by atoms with Gasteiger partial charge in [-0.25, -0.2) is 4.98 Å². The van der Waals surface area contributed by atoms with Crippen molar-refractivity contribution in [3.8, 4) is 5.75 Å². The Bertz CT molecular complexity index is 501. The van der Waals surface area contributed by atoms with E-state index in [1.807, 2.05) is 6.92 Å². The van der Waals surface area contributed by atoms with Crippen LogP contribution in [0.2, 0.25) is 0 Å². The largest absolute Gasteiger partial charge is 0.594 e. The van der Waals surface area contributed by atoms with Crippen LogP contribution < -0.4 is 15.3 Å². The molecule has 6 nitrogen and oxygen atoms in total. The molecule has 0 spiro atoms. The predicted octanol–water partition coefficient (Wildman–Crippen LogP) is 0.244. The number of nitrogen functional groups attached to an aromatic ring is 1. The maximum absolute atomic E-state index is 11.3. The monoisotopic (exact) mass is 206 g/mol. The average molecular weight is 206 g/mol. The van der Waals surface area contributed by atoms with Gasteiger partial charge >= 0.3 is 0 Å². The first-order chi connectivity index (χ1) is 7.20. The quantitative estimate of drug-likeness (QED) is 0.561. The van der Waals surface area contributed by atoms with Crippen molar-refractivity contribution in [1.82, 2.24) is 10.1 Å². The Morgan fingerprint density at radius 2 is 2.33 bits per heavy atom. The molecular formula is C9H10N4O2. The highest BCUT2D eigenvalue weighted by molar-refractivity contribution is 5.73. The minimum atomic E-state index is -0.0499. The lowest BCUT2D eigenvalue weighted by Gasteiger charge is -2.03. The first-order valence-corrected chi connectivity index (χ1v) is 4.50. The highest BCUT2D eigenvalue weighted by atomic mass is 16.5. The molecular weight excluding hydrogens is 196 g/mol. The maximum Gasteiger partial charge on any atom is 0.288 e. The van der Waals surface area contributed by atoms with E-state index in [0.717, 1.165) is 0 Å². The Labute approximate surface area is 85.9 Å². The second-order valence-corrected chi connectivity index (χ2v) is 2.93. The minimum Gasteiger partial charge on any atom is -0.594 e. The number of nitrogens with zero attached hydrogens (tertiary/aromatic N) is 3. The van der Waals surface area contributed by atoms with Crippen LogP contribution in [-0.4, -0.2) is 16.7 Å². The molecule has 0 fully saturated rings. The van der Waals surface area contributed by atoms with Crippen LogP contribution in [0.4, 0.5) is 5.95 Å². The summed E-state index contributed by atoms with van der Waals surface area (Å²) in [4.78, 5) is 4.40. The van der Waals surface area contributed by atoms with Crippen LogP contribution in [0.5, 0.6) is 5.75 Å². The summed E-state index contributed by atoms with van der Waals surface area (Å²) in [5, 5.41) is 14.8. The minimum absolute atomic E-state index is 0.0499. The summed E-state index contributed by atoms with van der Waals surface area (Å²) in [6.07, 6.45) is 0. The Balaban J connectivity index is 2.60. The van der Waals surface area contributed by atoms with Gasteiger partial charge in [0.2, 0.25) is 0 Å². The molecule has 0 radical (unpaired) electrons. The number of nitrogens with two attached hydrogens (primary N) is 1. The van der Waals surface area contributed by atoms with Crippen LogP contribution in [0.25, 0.3) is 11.0 Å². The van der Waals surface area contributed by atoms with Crippen molar-refractivity contribution in [1.29, 1.82) is 0 Å². The van der Waals surface area contributed by atoms with Crippen molar-refractivity contribution in [2.45, 2.75) is 6.92 Å². The maximum atomic E-state index is 11.3. The Kier molecular flexibility index (Phi) is 2.24. The van der Waals surface area contributed by atoms with Gasteiger partial charge in [0, 0.05) is 12.1 Å². The van der Waals surface area contributed by atoms with Crippen molar-refractivity contribution in [2.24, 2.45) is 0 Å². The lowest BCUT2D eigenvalue weighted by Crippen LogP contribution is -2.33. The molecule has 0 aliphatic rings. The first-order valence-electron chi connectivity index (χ1n) is 4.50. The van der Waals surface area contributed by atoms with Crippen molar-refractivity contribution >= 4 is 17.0 Å². The van der Waals surface area contributed by atoms with Crippen molar-refractivity contribution in [3.05, 3.63) is 23.4 Å². The fourth-order valence-electron chi connectivity index (χ4n) is 1.30. The molecule has 15 heavy (non-hydrogen) atoms. The predicted molar refractivity (Wildman–Crippen MR) is 54.1 cm³/mol. The molecule has 0 bridgehead atoms. The zero-order chi connectivity index (χ0) is 10.8. The standard InChI is InChI=1S/C9H10N4O2/c1-2-15-6-3-4-8-7(5-6)11-9(10)12-13(8)14/h3-5H,2H2,1H3,(H2,10,11,12). The van der Waals surface area contributed by atoms with Gasteiger partial charge < -0.3 is 15.7 Å². The Morgan fingerprint density at radius 1 is 1.53 bits per heavy atom. The van der Waals surface area contributed by atoms with E-state index in [0.29, 0.717) is 28.2 Å². The van der Waals surface area contributed by atoms with E-state index in [1.54, 1.807) is 18.2 Å². The van der Waals surface area contributed by atoms with Crippen LogP contribution in [0.15, 0.2) is 18.2 Å². The van der Waals surface area contributed by atoms with Crippen molar-refractivity contribution < 1.29 is 9.58 Å². The molecule has 0 amide bonds. The van der Waals surface area contributed by atoms with Gasteiger partial charge in [-0.1, -0.05) is 0 Å². The average Bonchev–Trinajstić information content (AvgIpc) is 2.17. The van der Waals surface area contributed by atoms with E-state index in [4.69, 9.17) is 10.5 Å². The summed E-state index contributed by atoms with van der Waals surface area (Å²) in [5.74, 6) is 0.606. The number of aromatic nitrogens is 3. The van der Waals surface area contributed by atoms with E-state index in [2.05, 4.69) is 10.1 Å². The van der Waals surface area contributed by atoms with E-state index in [1.165, 1.54) is 0 Å². The molecule has 0 unspecified atom stereocenters. The number of fused-ring (bicyclic) bond motifs is 1. The number of benzene rings is 1. The fraction of sp³-hybridized carbons (Fsp3) is 0.222. The summed E-state index contributed by atoms with van der Waals surface area (Å²) in [5.41, 5.74) is 6.21. The summed E-state index contributed by atoms with van der Waals surface area (Å²) < 4.78 is 5.28. The van der Waals surface area contributed by atoms with E-state index < -0.39 is 0 Å². The molecule has 1 aromatic carbocycles. The first kappa shape index (κ1) is 9.45. The van der Waals surface area contributed by atoms with E-state index in [9.17, 15) is 5.21 Å². The molecule has 2 N–H and O–H groups in total. The summed E-state index contributed by atoms with van der Waals surface area (Å²) in [6.45, 7) is 2.44. The lowest BCUT2D eigenvalue weighted by atomic mass is 10.3. The van der Waals surface area contributed by atoms with Gasteiger partial charge in [-0.15, -0.1) is 0 Å². The number of anilines is 1. The summed E-state index contributed by atoms with van der Waals surface area (Å²) in [6, 6.07) is 4.96. The van der Waals surface area contributed by atoms with Gasteiger partial charge in [-0.3, -0.25) is 0 Å². The summed E-state index contributed by atoms with van der Waals surface area (Å²) in [7, 11) is 0. The number of ether oxygens (including phenoxy) is 1. The molecule has 0 atom stereocenters. The van der Waals surface area contributed by atoms with Crippen LogP contribution >= 0.6 is 0 Å². The second-order valence-electron chi connectivity index (χ2n) is 2.93. The van der Waals surface area contributed by atoms with E-state index >= 15 is 0 Å². The lowest BCUT2D eigenvalue weighted by molar-refractivity contribution is -0.641. The molecule has 0 aliphatic carbocycles. The third kappa shape index (κ3) is 1.74. The Morgan fingerprint density at radius 3 is 3.07 bits per heavy atom. The fourth-order valence-corrected chi connectivity index (χ4v) is 1.30. The molecule has 2 rings (SSSR count). The molecule has 0 aliphatic heterocycles. The molecule has 1 aromatic heterocycles. The molecule has 6 heteroatoms. The van der Waals surface area contributed by atoms with Crippen molar-refractivity contribution in [3.63, 3.8) is 0 Å². The molecule has 78 valence electrons. The summed E-state index contributed by atoms with van der Waals surface area (Å²) >= 11 is 0. The second kappa shape index (κ2) is 3.56. The van der Waals surface area contributed by atoms with Gasteiger partial charge in [0.1, 0.15) is 11.3 Å². The molecule has 0 saturated heterocycles. The van der Waals surface area contributed by atoms with Gasteiger partial charge in [-0.05, 0) is 17.8 Å². The third-order valence-electron chi connectivity index (χ3n) is 1.89. The topological polar surface area (TPSA) is 88.0 Å². The van der Waals surface area contributed by atoms with Crippen molar-refractivity contribution in [2.75, 3.05) is 12.3 Å². The zero-order valence-electron chi connectivity index (χ0n) is 8.17. The highest BCUT2D eigenvalue weighted by Crippen LogP contribution is 2.16. The molecule has 0 saturated carbocycles. The third-order valence-corrected chi connectivity index (χ3v) is 1.89. The number of hydrogen-bond donors (Lipinski definition) is 1. The number of rotatable bonds is 2. The molecule has 1 heterocycles. The SMILES string of the molecule is CCOc1ccc2c(c1)nc(N)n[n+]2[O-].